The van der Waals surface area contributed by atoms with Crippen molar-refractivity contribution in [2.75, 3.05) is 7.11 Å². The average Bonchev–Trinajstić information content (AvgIpc) is 2.47. The van der Waals surface area contributed by atoms with Crippen molar-refractivity contribution in [2.24, 2.45) is 23.7 Å². The molecule has 1 saturated carbocycles. The van der Waals surface area contributed by atoms with E-state index in [0.29, 0.717) is 30.0 Å². The molecule has 0 radical (unpaired) electrons. The standard InChI is InChI=1S/C19H28O2/c1-13(2)17-9-8-14(3)10-18(17)19(20)12-15-6-5-7-16(11-15)21-4/h5-7,11,13-14,17-18H,8-10,12H2,1-4H3/t14-,17+,18-/m1/s1. The fraction of sp³-hybridized carbons (Fsp3) is 0.632. The first kappa shape index (κ1) is 16.1. The van der Waals surface area contributed by atoms with Crippen molar-refractivity contribution in [1.82, 2.24) is 0 Å². The van der Waals surface area contributed by atoms with Crippen molar-refractivity contribution in [3.05, 3.63) is 29.8 Å². The second-order valence-electron chi connectivity index (χ2n) is 6.93. The molecule has 0 aromatic heterocycles. The third-order valence-corrected chi connectivity index (χ3v) is 4.95. The van der Waals surface area contributed by atoms with Crippen LogP contribution in [0, 0.1) is 23.7 Å². The molecule has 0 unspecified atom stereocenters. The van der Waals surface area contributed by atoms with E-state index < -0.39 is 0 Å². The molecule has 0 bridgehead atoms. The van der Waals surface area contributed by atoms with Crippen LogP contribution in [0.5, 0.6) is 5.75 Å². The number of hydrogen-bond donors (Lipinski definition) is 0. The van der Waals surface area contributed by atoms with Crippen LogP contribution in [0.3, 0.4) is 0 Å². The topological polar surface area (TPSA) is 26.3 Å². The molecular weight excluding hydrogens is 260 g/mol. The van der Waals surface area contributed by atoms with E-state index in [1.807, 2.05) is 24.3 Å². The Kier molecular flexibility index (Phi) is 5.44. The first-order valence-electron chi connectivity index (χ1n) is 8.17. The minimum Gasteiger partial charge on any atom is -0.497 e. The Labute approximate surface area is 128 Å². The van der Waals surface area contributed by atoms with Gasteiger partial charge in [-0.05, 0) is 48.3 Å². The fourth-order valence-corrected chi connectivity index (χ4v) is 3.69. The number of Topliss-reactive ketones (excluding diaryl/α,β-unsaturated/α-hetero) is 1. The van der Waals surface area contributed by atoms with Gasteiger partial charge >= 0.3 is 0 Å². The Bertz CT molecular complexity index is 478. The summed E-state index contributed by atoms with van der Waals surface area (Å²) in [5, 5.41) is 0. The molecule has 2 heteroatoms. The molecule has 3 atom stereocenters. The Morgan fingerprint density at radius 2 is 2.10 bits per heavy atom. The molecule has 1 aromatic carbocycles. The van der Waals surface area contributed by atoms with Crippen LogP contribution in [-0.4, -0.2) is 12.9 Å². The fourth-order valence-electron chi connectivity index (χ4n) is 3.69. The van der Waals surface area contributed by atoms with Crippen LogP contribution in [0.15, 0.2) is 24.3 Å². The SMILES string of the molecule is COc1cccc(CC(=O)[C@@H]2C[C@H](C)CC[C@H]2C(C)C)c1. The first-order chi connectivity index (χ1) is 10.0. The van der Waals surface area contributed by atoms with Crippen molar-refractivity contribution in [3.63, 3.8) is 0 Å². The van der Waals surface area contributed by atoms with Gasteiger partial charge in [0.05, 0.1) is 7.11 Å². The summed E-state index contributed by atoms with van der Waals surface area (Å²) in [7, 11) is 1.67. The normalized spacial score (nSPS) is 25.9. The minimum atomic E-state index is 0.236. The van der Waals surface area contributed by atoms with Gasteiger partial charge in [0.15, 0.2) is 0 Å². The second-order valence-corrected chi connectivity index (χ2v) is 6.93. The van der Waals surface area contributed by atoms with Gasteiger partial charge in [-0.15, -0.1) is 0 Å². The zero-order valence-electron chi connectivity index (χ0n) is 13.8. The predicted molar refractivity (Wildman–Crippen MR) is 86.5 cm³/mol. The van der Waals surface area contributed by atoms with Crippen LogP contribution in [0.2, 0.25) is 0 Å². The van der Waals surface area contributed by atoms with Gasteiger partial charge in [0, 0.05) is 12.3 Å². The van der Waals surface area contributed by atoms with E-state index in [4.69, 9.17) is 4.74 Å². The maximum Gasteiger partial charge on any atom is 0.140 e. The summed E-state index contributed by atoms with van der Waals surface area (Å²) in [6.45, 7) is 6.79. The summed E-state index contributed by atoms with van der Waals surface area (Å²) in [6.07, 6.45) is 4.07. The summed E-state index contributed by atoms with van der Waals surface area (Å²) in [4.78, 5) is 12.8. The molecule has 2 rings (SSSR count). The van der Waals surface area contributed by atoms with Gasteiger partial charge in [-0.1, -0.05) is 39.3 Å². The van der Waals surface area contributed by atoms with E-state index in [1.165, 1.54) is 12.8 Å². The minimum absolute atomic E-state index is 0.236. The molecule has 0 saturated heterocycles. The Morgan fingerprint density at radius 1 is 1.33 bits per heavy atom. The zero-order valence-corrected chi connectivity index (χ0v) is 13.8. The molecule has 0 heterocycles. The van der Waals surface area contributed by atoms with Crippen molar-refractivity contribution in [3.8, 4) is 5.75 Å². The average molecular weight is 288 g/mol. The highest BCUT2D eigenvalue weighted by molar-refractivity contribution is 5.83. The molecule has 116 valence electrons. The van der Waals surface area contributed by atoms with Gasteiger partial charge in [-0.2, -0.15) is 0 Å². The Morgan fingerprint density at radius 3 is 2.76 bits per heavy atom. The first-order valence-corrected chi connectivity index (χ1v) is 8.17. The van der Waals surface area contributed by atoms with E-state index in [9.17, 15) is 4.79 Å². The lowest BCUT2D eigenvalue weighted by atomic mass is 9.68. The quantitative estimate of drug-likeness (QED) is 0.796. The van der Waals surface area contributed by atoms with Crippen LogP contribution >= 0.6 is 0 Å². The number of hydrogen-bond acceptors (Lipinski definition) is 2. The third-order valence-electron chi connectivity index (χ3n) is 4.95. The summed E-state index contributed by atoms with van der Waals surface area (Å²) >= 11 is 0. The van der Waals surface area contributed by atoms with E-state index in [0.717, 1.165) is 17.7 Å². The maximum atomic E-state index is 12.8. The zero-order chi connectivity index (χ0) is 15.4. The van der Waals surface area contributed by atoms with Gasteiger partial charge in [-0.3, -0.25) is 4.79 Å². The van der Waals surface area contributed by atoms with E-state index in [1.54, 1.807) is 7.11 Å². The van der Waals surface area contributed by atoms with Crippen LogP contribution in [0.4, 0.5) is 0 Å². The molecule has 21 heavy (non-hydrogen) atoms. The number of carbonyl (C=O) groups excluding carboxylic acids is 1. The van der Waals surface area contributed by atoms with Gasteiger partial charge in [0.2, 0.25) is 0 Å². The maximum absolute atomic E-state index is 12.8. The molecule has 1 fully saturated rings. The lowest BCUT2D eigenvalue weighted by Crippen LogP contribution is -2.34. The van der Waals surface area contributed by atoms with Gasteiger partial charge in [0.1, 0.15) is 11.5 Å². The molecule has 0 amide bonds. The molecule has 1 aromatic rings. The van der Waals surface area contributed by atoms with Crippen LogP contribution in [0.25, 0.3) is 0 Å². The third kappa shape index (κ3) is 4.09. The van der Waals surface area contributed by atoms with Crippen molar-refractivity contribution < 1.29 is 9.53 Å². The van der Waals surface area contributed by atoms with Gasteiger partial charge in [-0.25, -0.2) is 0 Å². The number of carbonyl (C=O) groups is 1. The lowest BCUT2D eigenvalue weighted by Gasteiger charge is -2.36. The molecule has 2 nitrogen and oxygen atoms in total. The summed E-state index contributed by atoms with van der Waals surface area (Å²) < 4.78 is 5.25. The van der Waals surface area contributed by atoms with Gasteiger partial charge < -0.3 is 4.74 Å². The largest absolute Gasteiger partial charge is 0.497 e. The van der Waals surface area contributed by atoms with Crippen LogP contribution < -0.4 is 4.74 Å². The number of ether oxygens (including phenoxy) is 1. The highest BCUT2D eigenvalue weighted by Gasteiger charge is 2.34. The summed E-state index contributed by atoms with van der Waals surface area (Å²) in [5.41, 5.74) is 1.07. The molecule has 0 aliphatic heterocycles. The van der Waals surface area contributed by atoms with E-state index in [-0.39, 0.29) is 5.92 Å². The Balaban J connectivity index is 2.09. The number of benzene rings is 1. The predicted octanol–water partition coefficient (Wildman–Crippen LogP) is 4.52. The van der Waals surface area contributed by atoms with Crippen LogP contribution in [0.1, 0.15) is 45.6 Å². The highest BCUT2D eigenvalue weighted by Crippen LogP contribution is 2.39. The molecule has 0 N–H and O–H groups in total. The van der Waals surface area contributed by atoms with Crippen molar-refractivity contribution in [2.45, 2.75) is 46.5 Å². The smallest absolute Gasteiger partial charge is 0.140 e. The second kappa shape index (κ2) is 7.11. The van der Waals surface area contributed by atoms with Gasteiger partial charge in [0.25, 0.3) is 0 Å². The summed E-state index contributed by atoms with van der Waals surface area (Å²) in [5.74, 6) is 3.31. The molecule has 0 spiro atoms. The Hall–Kier alpha value is -1.31. The number of rotatable bonds is 5. The van der Waals surface area contributed by atoms with Crippen LogP contribution in [-0.2, 0) is 11.2 Å². The van der Waals surface area contributed by atoms with Crippen molar-refractivity contribution in [1.29, 1.82) is 0 Å². The highest BCUT2D eigenvalue weighted by atomic mass is 16.5. The van der Waals surface area contributed by atoms with Crippen molar-refractivity contribution >= 4 is 5.78 Å². The molecular formula is C19H28O2. The molecule has 1 aliphatic rings. The lowest BCUT2D eigenvalue weighted by molar-refractivity contribution is -0.126. The summed E-state index contributed by atoms with van der Waals surface area (Å²) in [6, 6.07) is 7.89. The monoisotopic (exact) mass is 288 g/mol. The van der Waals surface area contributed by atoms with E-state index >= 15 is 0 Å². The number of methoxy groups -OCH3 is 1. The van der Waals surface area contributed by atoms with E-state index in [2.05, 4.69) is 20.8 Å². The number of ketones is 1. The molecule has 1 aliphatic carbocycles.